The molecule has 2 aromatic rings. The molecule has 0 spiro atoms. The predicted octanol–water partition coefficient (Wildman–Crippen LogP) is 6.22. The molecule has 5 rings (SSSR count). The lowest BCUT2D eigenvalue weighted by molar-refractivity contribution is -0.0715. The molecular weight excluding hydrogens is 468 g/mol. The number of benzene rings is 2. The average molecular weight is 493 g/mol. The Balaban J connectivity index is 1.58. The second-order valence-electron chi connectivity index (χ2n) is 9.31. The van der Waals surface area contributed by atoms with Crippen LogP contribution in [0.3, 0.4) is 0 Å². The highest BCUT2D eigenvalue weighted by molar-refractivity contribution is 6.08. The van der Waals surface area contributed by atoms with Crippen molar-refractivity contribution >= 4 is 5.84 Å². The van der Waals surface area contributed by atoms with Crippen LogP contribution in [0.15, 0.2) is 47.7 Å². The van der Waals surface area contributed by atoms with E-state index in [1.807, 2.05) is 0 Å². The lowest BCUT2D eigenvalue weighted by Gasteiger charge is -2.42. The molecule has 186 valence electrons. The van der Waals surface area contributed by atoms with Gasteiger partial charge in [-0.15, -0.1) is 0 Å². The topological polar surface area (TPSA) is 18.8 Å². The second-order valence-corrected chi connectivity index (χ2v) is 9.31. The fourth-order valence-corrected chi connectivity index (χ4v) is 5.63. The zero-order valence-electron chi connectivity index (χ0n) is 19.2. The first-order valence-corrected chi connectivity index (χ1v) is 11.7. The lowest BCUT2D eigenvalue weighted by atomic mass is 9.91. The maximum Gasteiger partial charge on any atom is 0.272 e. The van der Waals surface area contributed by atoms with Crippen LogP contribution < -0.4 is 0 Å². The number of rotatable bonds is 4. The molecule has 0 amide bonds. The molecule has 3 aliphatic heterocycles. The maximum absolute atomic E-state index is 14.9. The summed E-state index contributed by atoms with van der Waals surface area (Å²) in [6, 6.07) is 5.44. The van der Waals surface area contributed by atoms with Gasteiger partial charge >= 0.3 is 0 Å². The van der Waals surface area contributed by atoms with Gasteiger partial charge in [0.25, 0.3) is 5.92 Å². The van der Waals surface area contributed by atoms with Crippen LogP contribution in [0.25, 0.3) is 11.1 Å². The summed E-state index contributed by atoms with van der Waals surface area (Å²) >= 11 is 0. The van der Waals surface area contributed by atoms with Gasteiger partial charge in [0.1, 0.15) is 23.3 Å². The minimum Gasteiger partial charge on any atom is -0.349 e. The summed E-state index contributed by atoms with van der Waals surface area (Å²) in [6.45, 7) is 6.31. The molecule has 35 heavy (non-hydrogen) atoms. The first-order valence-electron chi connectivity index (χ1n) is 11.7. The molecule has 9 heteroatoms. The molecule has 0 radical (unpaired) electrons. The van der Waals surface area contributed by atoms with Crippen LogP contribution in [0.4, 0.5) is 26.3 Å². The SMILES string of the molecule is C=C1N(C2=NCc3cc(CC(F)F)cc(-c4c(F)cccc4F)c32)CC[C@H]2N1CC(CC)C2(F)F. The first-order chi connectivity index (χ1) is 16.6. The first kappa shape index (κ1) is 23.8. The molecule has 1 unspecified atom stereocenters. The van der Waals surface area contributed by atoms with Crippen LogP contribution >= 0.6 is 0 Å². The third kappa shape index (κ3) is 3.79. The third-order valence-corrected chi connectivity index (χ3v) is 7.32. The maximum atomic E-state index is 14.9. The van der Waals surface area contributed by atoms with Crippen molar-refractivity contribution in [2.24, 2.45) is 10.9 Å². The number of nitrogens with zero attached hydrogens (tertiary/aromatic N) is 3. The molecule has 2 saturated heterocycles. The summed E-state index contributed by atoms with van der Waals surface area (Å²) in [4.78, 5) is 7.89. The Labute approximate surface area is 199 Å². The van der Waals surface area contributed by atoms with Gasteiger partial charge in [-0.3, -0.25) is 4.99 Å². The van der Waals surface area contributed by atoms with Crippen molar-refractivity contribution in [1.82, 2.24) is 9.80 Å². The van der Waals surface area contributed by atoms with Crippen LogP contribution in [0.2, 0.25) is 0 Å². The number of aliphatic imine (C=N–C) groups is 1. The standard InChI is InChI=1S/C26H25F6N3/c1-3-17-13-35-14(2)34(8-7-21(35)26(17,31)32)25-23-16(12-33-25)9-15(11-22(29)30)10-18(23)24-19(27)5-4-6-20(24)28/h4-6,9-10,17,21-22H,2-3,7-8,11-13H2,1H3/t17?,21-/m1/s1. The van der Waals surface area contributed by atoms with Crippen LogP contribution in [-0.2, 0) is 13.0 Å². The number of hydrogen-bond acceptors (Lipinski definition) is 3. The van der Waals surface area contributed by atoms with E-state index in [1.165, 1.54) is 12.1 Å². The largest absolute Gasteiger partial charge is 0.349 e. The highest BCUT2D eigenvalue weighted by Gasteiger charge is 2.57. The number of alkyl halides is 4. The Kier molecular flexibility index (Phi) is 5.84. The number of hydrogen-bond donors (Lipinski definition) is 0. The van der Waals surface area contributed by atoms with Crippen molar-refractivity contribution in [2.45, 2.75) is 51.1 Å². The summed E-state index contributed by atoms with van der Waals surface area (Å²) in [5.74, 6) is -4.55. The van der Waals surface area contributed by atoms with Crippen molar-refractivity contribution in [3.63, 3.8) is 0 Å². The monoisotopic (exact) mass is 493 g/mol. The van der Waals surface area contributed by atoms with E-state index in [0.29, 0.717) is 29.2 Å². The smallest absolute Gasteiger partial charge is 0.272 e. The predicted molar refractivity (Wildman–Crippen MR) is 121 cm³/mol. The van der Waals surface area contributed by atoms with Crippen molar-refractivity contribution < 1.29 is 26.3 Å². The average Bonchev–Trinajstić information content (AvgIpc) is 3.32. The molecule has 0 saturated carbocycles. The Bertz CT molecular complexity index is 1190. The molecule has 2 fully saturated rings. The fourth-order valence-electron chi connectivity index (χ4n) is 5.63. The highest BCUT2D eigenvalue weighted by atomic mass is 19.3. The van der Waals surface area contributed by atoms with Crippen molar-refractivity contribution in [2.75, 3.05) is 13.1 Å². The molecule has 3 heterocycles. The van der Waals surface area contributed by atoms with E-state index in [0.717, 1.165) is 12.1 Å². The molecule has 2 atom stereocenters. The minimum absolute atomic E-state index is 0.123. The van der Waals surface area contributed by atoms with Gasteiger partial charge < -0.3 is 9.80 Å². The Morgan fingerprint density at radius 3 is 2.51 bits per heavy atom. The Morgan fingerprint density at radius 2 is 1.86 bits per heavy atom. The Hall–Kier alpha value is -2.97. The zero-order valence-corrected chi connectivity index (χ0v) is 19.2. The normalized spacial score (nSPS) is 23.1. The molecule has 0 aromatic heterocycles. The van der Waals surface area contributed by atoms with E-state index < -0.39 is 42.4 Å². The van der Waals surface area contributed by atoms with Gasteiger partial charge in [-0.05, 0) is 47.7 Å². The molecular formula is C26H25F6N3. The third-order valence-electron chi connectivity index (χ3n) is 7.32. The van der Waals surface area contributed by atoms with Crippen LogP contribution in [-0.4, -0.2) is 47.1 Å². The van der Waals surface area contributed by atoms with Crippen LogP contribution in [0, 0.1) is 17.6 Å². The minimum atomic E-state index is -2.84. The van der Waals surface area contributed by atoms with E-state index >= 15 is 0 Å². The van der Waals surface area contributed by atoms with Gasteiger partial charge in [0, 0.05) is 31.0 Å². The quantitative estimate of drug-likeness (QED) is 0.471. The molecule has 3 nitrogen and oxygen atoms in total. The number of amidine groups is 1. The van der Waals surface area contributed by atoms with Gasteiger partial charge in [0.05, 0.1) is 18.2 Å². The fraction of sp³-hybridized carbons (Fsp3) is 0.423. The van der Waals surface area contributed by atoms with Gasteiger partial charge in [0.15, 0.2) is 0 Å². The molecule has 0 N–H and O–H groups in total. The van der Waals surface area contributed by atoms with Crippen molar-refractivity contribution in [1.29, 1.82) is 0 Å². The molecule has 2 aromatic carbocycles. The lowest BCUT2D eigenvalue weighted by Crippen LogP contribution is -2.51. The number of fused-ring (bicyclic) bond motifs is 2. The zero-order chi connectivity index (χ0) is 25.1. The molecule has 3 aliphatic rings. The van der Waals surface area contributed by atoms with E-state index in [-0.39, 0.29) is 42.7 Å². The summed E-state index contributed by atoms with van der Waals surface area (Å²) in [5, 5.41) is 0. The van der Waals surface area contributed by atoms with E-state index in [4.69, 9.17) is 0 Å². The summed E-state index contributed by atoms with van der Waals surface area (Å²) < 4.78 is 85.8. The second kappa shape index (κ2) is 8.60. The van der Waals surface area contributed by atoms with Crippen LogP contribution in [0.1, 0.15) is 36.5 Å². The summed E-state index contributed by atoms with van der Waals surface area (Å²) in [5.41, 5.74) is 1.02. The molecule has 0 aliphatic carbocycles. The van der Waals surface area contributed by atoms with Gasteiger partial charge in [-0.1, -0.05) is 25.6 Å². The van der Waals surface area contributed by atoms with E-state index in [1.54, 1.807) is 22.8 Å². The summed E-state index contributed by atoms with van der Waals surface area (Å²) in [7, 11) is 0. The highest BCUT2D eigenvalue weighted by Crippen LogP contribution is 2.47. The van der Waals surface area contributed by atoms with E-state index in [2.05, 4.69) is 11.6 Å². The van der Waals surface area contributed by atoms with Gasteiger partial charge in [-0.2, -0.15) is 0 Å². The van der Waals surface area contributed by atoms with Crippen molar-refractivity contribution in [3.8, 4) is 11.1 Å². The summed E-state index contributed by atoms with van der Waals surface area (Å²) in [6.07, 6.45) is -2.69. The van der Waals surface area contributed by atoms with E-state index in [9.17, 15) is 26.3 Å². The Morgan fingerprint density at radius 1 is 1.14 bits per heavy atom. The van der Waals surface area contributed by atoms with Crippen LogP contribution in [0.5, 0.6) is 0 Å². The van der Waals surface area contributed by atoms with Crippen molar-refractivity contribution in [3.05, 3.63) is 71.1 Å². The van der Waals surface area contributed by atoms with Gasteiger partial charge in [-0.25, -0.2) is 26.3 Å². The molecule has 0 bridgehead atoms. The van der Waals surface area contributed by atoms with Gasteiger partial charge in [0.2, 0.25) is 6.43 Å². The number of halogens is 6.